The van der Waals surface area contributed by atoms with Gasteiger partial charge in [0, 0.05) is 28.0 Å². The monoisotopic (exact) mass is 262 g/mol. The van der Waals surface area contributed by atoms with Crippen LogP contribution in [0.1, 0.15) is 0 Å². The zero-order valence-corrected chi connectivity index (χ0v) is 10.6. The Kier molecular flexibility index (Phi) is 2.33. The maximum Gasteiger partial charge on any atom is 0.125 e. The summed E-state index contributed by atoms with van der Waals surface area (Å²) in [5.74, 6) is -0.238. The first-order valence-corrected chi connectivity index (χ1v) is 6.44. The zero-order valence-electron chi connectivity index (χ0n) is 10.6. The standard InChI is InChI=1S/C17H11FN2/c18-12-6-7-13-14-8-9-19-16(11-4-2-1-3-5-11)17(14)20-15(13)10-12/h1-10,20H. The molecule has 1 N–H and O–H groups in total. The molecule has 0 bridgehead atoms. The minimum Gasteiger partial charge on any atom is -0.353 e. The largest absolute Gasteiger partial charge is 0.353 e. The normalized spacial score (nSPS) is 11.2. The highest BCUT2D eigenvalue weighted by Crippen LogP contribution is 2.31. The lowest BCUT2D eigenvalue weighted by molar-refractivity contribution is 0.629. The highest BCUT2D eigenvalue weighted by atomic mass is 19.1. The summed E-state index contributed by atoms with van der Waals surface area (Å²) in [6.45, 7) is 0. The molecule has 0 radical (unpaired) electrons. The number of aromatic nitrogens is 2. The smallest absolute Gasteiger partial charge is 0.125 e. The van der Waals surface area contributed by atoms with Crippen molar-refractivity contribution in [3.05, 3.63) is 66.6 Å². The summed E-state index contributed by atoms with van der Waals surface area (Å²) in [7, 11) is 0. The molecule has 0 aliphatic carbocycles. The first-order chi connectivity index (χ1) is 9.83. The number of rotatable bonds is 1. The molecule has 2 heterocycles. The van der Waals surface area contributed by atoms with Crippen LogP contribution in [0, 0.1) is 5.82 Å². The molecule has 2 aromatic heterocycles. The molecule has 0 saturated carbocycles. The third kappa shape index (κ3) is 1.60. The maximum absolute atomic E-state index is 13.4. The number of pyridine rings is 1. The zero-order chi connectivity index (χ0) is 13.5. The number of benzene rings is 2. The predicted octanol–water partition coefficient (Wildman–Crippen LogP) is 4.52. The van der Waals surface area contributed by atoms with Crippen molar-refractivity contribution in [2.75, 3.05) is 0 Å². The molecular weight excluding hydrogens is 251 g/mol. The second-order valence-corrected chi connectivity index (χ2v) is 4.76. The molecule has 96 valence electrons. The van der Waals surface area contributed by atoms with E-state index in [1.807, 2.05) is 36.4 Å². The topological polar surface area (TPSA) is 28.7 Å². The van der Waals surface area contributed by atoms with E-state index in [1.54, 1.807) is 12.3 Å². The van der Waals surface area contributed by atoms with Crippen molar-refractivity contribution in [1.82, 2.24) is 9.97 Å². The number of fused-ring (bicyclic) bond motifs is 3. The fourth-order valence-electron chi connectivity index (χ4n) is 2.62. The molecule has 2 aromatic carbocycles. The number of nitrogens with one attached hydrogen (secondary N) is 1. The Morgan fingerprint density at radius 1 is 0.900 bits per heavy atom. The van der Waals surface area contributed by atoms with Crippen LogP contribution in [-0.4, -0.2) is 9.97 Å². The Morgan fingerprint density at radius 2 is 1.75 bits per heavy atom. The summed E-state index contributed by atoms with van der Waals surface area (Å²) in [6.07, 6.45) is 1.79. The van der Waals surface area contributed by atoms with E-state index in [-0.39, 0.29) is 5.82 Å². The van der Waals surface area contributed by atoms with Gasteiger partial charge in [-0.1, -0.05) is 30.3 Å². The van der Waals surface area contributed by atoms with Crippen LogP contribution in [0.3, 0.4) is 0 Å². The van der Waals surface area contributed by atoms with Crippen molar-refractivity contribution in [1.29, 1.82) is 0 Å². The number of hydrogen-bond donors (Lipinski definition) is 1. The van der Waals surface area contributed by atoms with E-state index in [2.05, 4.69) is 9.97 Å². The molecule has 0 atom stereocenters. The van der Waals surface area contributed by atoms with E-state index in [4.69, 9.17) is 0 Å². The Balaban J connectivity index is 2.11. The van der Waals surface area contributed by atoms with Crippen LogP contribution in [0.25, 0.3) is 33.1 Å². The number of H-pyrrole nitrogens is 1. The molecular formula is C17H11FN2. The van der Waals surface area contributed by atoms with Gasteiger partial charge in [-0.05, 0) is 24.3 Å². The third-order valence-electron chi connectivity index (χ3n) is 3.53. The van der Waals surface area contributed by atoms with Gasteiger partial charge < -0.3 is 4.98 Å². The minimum atomic E-state index is -0.238. The molecule has 0 fully saturated rings. The molecule has 0 saturated heterocycles. The predicted molar refractivity (Wildman–Crippen MR) is 79.0 cm³/mol. The van der Waals surface area contributed by atoms with Gasteiger partial charge >= 0.3 is 0 Å². The van der Waals surface area contributed by atoms with Crippen molar-refractivity contribution in [2.45, 2.75) is 0 Å². The first-order valence-electron chi connectivity index (χ1n) is 6.44. The molecule has 3 heteroatoms. The van der Waals surface area contributed by atoms with Gasteiger partial charge in [-0.25, -0.2) is 4.39 Å². The molecule has 0 spiro atoms. The molecule has 0 aliphatic heterocycles. The van der Waals surface area contributed by atoms with Gasteiger partial charge in [0.1, 0.15) is 5.82 Å². The fourth-order valence-corrected chi connectivity index (χ4v) is 2.62. The highest BCUT2D eigenvalue weighted by molar-refractivity contribution is 6.10. The van der Waals surface area contributed by atoms with Gasteiger partial charge in [0.15, 0.2) is 0 Å². The number of hydrogen-bond acceptors (Lipinski definition) is 1. The Morgan fingerprint density at radius 3 is 2.60 bits per heavy atom. The number of nitrogens with zero attached hydrogens (tertiary/aromatic N) is 1. The van der Waals surface area contributed by atoms with Gasteiger partial charge in [-0.15, -0.1) is 0 Å². The average Bonchev–Trinajstić information content (AvgIpc) is 2.85. The van der Waals surface area contributed by atoms with Gasteiger partial charge in [0.25, 0.3) is 0 Å². The SMILES string of the molecule is Fc1ccc2c(c1)[nH]c1c(-c3ccccc3)nccc12. The summed E-state index contributed by atoms with van der Waals surface area (Å²) in [4.78, 5) is 7.75. The summed E-state index contributed by atoms with van der Waals surface area (Å²) in [5.41, 5.74) is 3.68. The molecule has 20 heavy (non-hydrogen) atoms. The van der Waals surface area contributed by atoms with Crippen molar-refractivity contribution < 1.29 is 4.39 Å². The second-order valence-electron chi connectivity index (χ2n) is 4.76. The second kappa shape index (κ2) is 4.17. The summed E-state index contributed by atoms with van der Waals surface area (Å²) >= 11 is 0. The van der Waals surface area contributed by atoms with Crippen LogP contribution >= 0.6 is 0 Å². The molecule has 2 nitrogen and oxygen atoms in total. The van der Waals surface area contributed by atoms with Crippen molar-refractivity contribution in [2.24, 2.45) is 0 Å². The van der Waals surface area contributed by atoms with E-state index < -0.39 is 0 Å². The van der Waals surface area contributed by atoms with E-state index >= 15 is 0 Å². The Bertz CT molecular complexity index is 910. The van der Waals surface area contributed by atoms with Crippen LogP contribution in [-0.2, 0) is 0 Å². The van der Waals surface area contributed by atoms with E-state index in [9.17, 15) is 4.39 Å². The lowest BCUT2D eigenvalue weighted by Crippen LogP contribution is -1.84. The summed E-state index contributed by atoms with van der Waals surface area (Å²) < 4.78 is 13.4. The fraction of sp³-hybridized carbons (Fsp3) is 0. The highest BCUT2D eigenvalue weighted by Gasteiger charge is 2.10. The summed E-state index contributed by atoms with van der Waals surface area (Å²) in [6, 6.07) is 16.8. The lowest BCUT2D eigenvalue weighted by Gasteiger charge is -2.01. The minimum absolute atomic E-state index is 0.238. The van der Waals surface area contributed by atoms with Crippen molar-refractivity contribution in [3.8, 4) is 11.3 Å². The molecule has 4 aromatic rings. The van der Waals surface area contributed by atoms with Gasteiger partial charge in [0.2, 0.25) is 0 Å². The van der Waals surface area contributed by atoms with E-state index in [1.165, 1.54) is 12.1 Å². The van der Waals surface area contributed by atoms with Crippen molar-refractivity contribution in [3.63, 3.8) is 0 Å². The summed E-state index contributed by atoms with van der Waals surface area (Å²) in [5, 5.41) is 2.08. The average molecular weight is 262 g/mol. The van der Waals surface area contributed by atoms with Gasteiger partial charge in [-0.2, -0.15) is 0 Å². The Labute approximate surface area is 114 Å². The Hall–Kier alpha value is -2.68. The molecule has 0 amide bonds. The first kappa shape index (κ1) is 11.2. The van der Waals surface area contributed by atoms with Crippen LogP contribution in [0.4, 0.5) is 4.39 Å². The van der Waals surface area contributed by atoms with Crippen LogP contribution in [0.15, 0.2) is 60.8 Å². The lowest BCUT2D eigenvalue weighted by atomic mass is 10.1. The maximum atomic E-state index is 13.4. The van der Waals surface area contributed by atoms with E-state index in [0.717, 1.165) is 33.1 Å². The van der Waals surface area contributed by atoms with Crippen LogP contribution in [0.5, 0.6) is 0 Å². The third-order valence-corrected chi connectivity index (χ3v) is 3.53. The van der Waals surface area contributed by atoms with Gasteiger partial charge in [-0.3, -0.25) is 4.98 Å². The number of aromatic amines is 1. The van der Waals surface area contributed by atoms with Crippen molar-refractivity contribution >= 4 is 21.8 Å². The molecule has 0 unspecified atom stereocenters. The molecule has 0 aliphatic rings. The number of halogens is 1. The quantitative estimate of drug-likeness (QED) is 0.536. The van der Waals surface area contributed by atoms with Gasteiger partial charge in [0.05, 0.1) is 11.2 Å². The molecule has 4 rings (SSSR count). The van der Waals surface area contributed by atoms with Crippen LogP contribution in [0.2, 0.25) is 0 Å². The van der Waals surface area contributed by atoms with Crippen LogP contribution < -0.4 is 0 Å². The van der Waals surface area contributed by atoms with E-state index in [0.29, 0.717) is 0 Å².